The summed E-state index contributed by atoms with van der Waals surface area (Å²) in [6.45, 7) is 0.0148. The topological polar surface area (TPSA) is 123 Å². The second-order valence-electron chi connectivity index (χ2n) is 5.59. The normalized spacial score (nSPS) is 13.3. The van der Waals surface area contributed by atoms with Gasteiger partial charge in [-0.05, 0) is 6.07 Å². The minimum atomic E-state index is -0.851. The lowest BCUT2D eigenvalue weighted by Gasteiger charge is -2.11. The van der Waals surface area contributed by atoms with Crippen LogP contribution in [0.4, 0.5) is 0 Å². The summed E-state index contributed by atoms with van der Waals surface area (Å²) in [5.41, 5.74) is 0.509. The molecule has 0 amide bonds. The summed E-state index contributed by atoms with van der Waals surface area (Å²) in [4.78, 5) is 36.6. The van der Waals surface area contributed by atoms with Crippen molar-refractivity contribution < 1.29 is 38.5 Å². The largest absolute Gasteiger partial charge is 0.504 e. The minimum absolute atomic E-state index is 0.0272. The Morgan fingerprint density at radius 1 is 1.04 bits per heavy atom. The quantitative estimate of drug-likeness (QED) is 0.277. The number of ether oxygens (including phenoxy) is 2. The summed E-state index contributed by atoms with van der Waals surface area (Å²) < 4.78 is 15.1. The van der Waals surface area contributed by atoms with E-state index in [1.54, 1.807) is 12.1 Å². The SMILES string of the molecule is O=C(/C=C(\O)c1cc2c(o1)C(=O)c1ccccc1C2=O)OCCOCCO. The average Bonchev–Trinajstić information content (AvgIpc) is 3.12. The molecule has 27 heavy (non-hydrogen) atoms. The van der Waals surface area contributed by atoms with Crippen molar-refractivity contribution in [3.63, 3.8) is 0 Å². The summed E-state index contributed by atoms with van der Waals surface area (Å²) in [6, 6.07) is 7.56. The Kier molecular flexibility index (Phi) is 5.49. The Labute approximate surface area is 153 Å². The third kappa shape index (κ3) is 3.81. The van der Waals surface area contributed by atoms with E-state index in [0.717, 1.165) is 6.08 Å². The number of benzene rings is 1. The number of carbonyl (C=O) groups is 3. The second-order valence-corrected chi connectivity index (χ2v) is 5.59. The van der Waals surface area contributed by atoms with E-state index in [4.69, 9.17) is 19.0 Å². The minimum Gasteiger partial charge on any atom is -0.504 e. The van der Waals surface area contributed by atoms with Gasteiger partial charge in [-0.2, -0.15) is 0 Å². The molecule has 0 fully saturated rings. The molecule has 0 radical (unpaired) electrons. The van der Waals surface area contributed by atoms with Gasteiger partial charge in [0.2, 0.25) is 5.78 Å². The fourth-order valence-corrected chi connectivity index (χ4v) is 2.59. The van der Waals surface area contributed by atoms with Gasteiger partial charge < -0.3 is 24.1 Å². The van der Waals surface area contributed by atoms with Gasteiger partial charge in [-0.25, -0.2) is 4.79 Å². The van der Waals surface area contributed by atoms with Gasteiger partial charge >= 0.3 is 5.97 Å². The van der Waals surface area contributed by atoms with Gasteiger partial charge in [0.15, 0.2) is 23.1 Å². The first-order valence-corrected chi connectivity index (χ1v) is 8.11. The van der Waals surface area contributed by atoms with Gasteiger partial charge in [-0.1, -0.05) is 24.3 Å². The fraction of sp³-hybridized carbons (Fsp3) is 0.211. The highest BCUT2D eigenvalue weighted by Gasteiger charge is 2.33. The lowest BCUT2D eigenvalue weighted by Crippen LogP contribution is -2.18. The zero-order valence-corrected chi connectivity index (χ0v) is 14.1. The number of carbonyl (C=O) groups excluding carboxylic acids is 3. The van der Waals surface area contributed by atoms with Crippen molar-refractivity contribution in [2.45, 2.75) is 0 Å². The van der Waals surface area contributed by atoms with Crippen molar-refractivity contribution in [2.75, 3.05) is 26.4 Å². The maximum atomic E-state index is 12.5. The molecule has 140 valence electrons. The molecular formula is C19H16O8. The van der Waals surface area contributed by atoms with Crippen molar-refractivity contribution >= 4 is 23.3 Å². The van der Waals surface area contributed by atoms with Gasteiger partial charge in [-0.3, -0.25) is 9.59 Å². The Morgan fingerprint density at radius 2 is 1.74 bits per heavy atom. The van der Waals surface area contributed by atoms with Crippen LogP contribution in [0.5, 0.6) is 0 Å². The molecule has 2 N–H and O–H groups in total. The smallest absolute Gasteiger partial charge is 0.334 e. The molecular weight excluding hydrogens is 356 g/mol. The summed E-state index contributed by atoms with van der Waals surface area (Å²) in [5.74, 6) is -2.66. The van der Waals surface area contributed by atoms with E-state index in [9.17, 15) is 19.5 Å². The molecule has 0 spiro atoms. The van der Waals surface area contributed by atoms with E-state index in [0.29, 0.717) is 0 Å². The third-order valence-electron chi connectivity index (χ3n) is 3.81. The number of fused-ring (bicyclic) bond motifs is 2. The highest BCUT2D eigenvalue weighted by atomic mass is 16.6. The van der Waals surface area contributed by atoms with Crippen LogP contribution in [0.25, 0.3) is 5.76 Å². The van der Waals surface area contributed by atoms with Crippen LogP contribution in [0.3, 0.4) is 0 Å². The maximum Gasteiger partial charge on any atom is 0.334 e. The van der Waals surface area contributed by atoms with E-state index in [2.05, 4.69) is 0 Å². The van der Waals surface area contributed by atoms with Gasteiger partial charge in [0.25, 0.3) is 0 Å². The summed E-state index contributed by atoms with van der Waals surface area (Å²) in [5, 5.41) is 18.6. The Hall–Kier alpha value is -3.23. The first-order chi connectivity index (χ1) is 13.0. The number of aliphatic hydroxyl groups excluding tert-OH is 2. The Bertz CT molecular complexity index is 869. The number of hydrogen-bond acceptors (Lipinski definition) is 8. The number of aliphatic hydroxyl groups is 2. The number of esters is 1. The van der Waals surface area contributed by atoms with Crippen molar-refractivity contribution in [1.29, 1.82) is 0 Å². The summed E-state index contributed by atoms with van der Waals surface area (Å²) >= 11 is 0. The molecule has 1 aromatic carbocycles. The van der Waals surface area contributed by atoms with Crippen LogP contribution in [0.15, 0.2) is 40.8 Å². The molecule has 1 heterocycles. The molecule has 0 unspecified atom stereocenters. The molecule has 0 bridgehead atoms. The number of rotatable bonds is 7. The highest BCUT2D eigenvalue weighted by Crippen LogP contribution is 2.31. The summed E-state index contributed by atoms with van der Waals surface area (Å²) in [7, 11) is 0. The number of furan rings is 1. The monoisotopic (exact) mass is 372 g/mol. The van der Waals surface area contributed by atoms with Crippen LogP contribution in [0.1, 0.15) is 37.8 Å². The van der Waals surface area contributed by atoms with Crippen LogP contribution in [0.2, 0.25) is 0 Å². The van der Waals surface area contributed by atoms with Gasteiger partial charge in [-0.15, -0.1) is 0 Å². The Balaban J connectivity index is 1.75. The van der Waals surface area contributed by atoms with Crippen molar-refractivity contribution in [1.82, 2.24) is 0 Å². The predicted molar refractivity (Wildman–Crippen MR) is 91.5 cm³/mol. The van der Waals surface area contributed by atoms with E-state index in [1.807, 2.05) is 0 Å². The highest BCUT2D eigenvalue weighted by molar-refractivity contribution is 6.27. The molecule has 1 aliphatic carbocycles. The molecule has 3 rings (SSSR count). The average molecular weight is 372 g/mol. The molecule has 0 saturated heterocycles. The standard InChI is InChI=1S/C19H16O8/c20-5-6-25-7-8-26-16(22)10-14(21)15-9-13-17(23)11-3-1-2-4-12(11)18(24)19(13)27-15/h1-4,9-10,20-21H,5-8H2/b14-10-. The fourth-order valence-electron chi connectivity index (χ4n) is 2.59. The van der Waals surface area contributed by atoms with Crippen LogP contribution in [-0.4, -0.2) is 54.2 Å². The third-order valence-corrected chi connectivity index (χ3v) is 3.81. The van der Waals surface area contributed by atoms with Crippen LogP contribution >= 0.6 is 0 Å². The molecule has 1 aliphatic rings. The van der Waals surface area contributed by atoms with Crippen LogP contribution in [0, 0.1) is 0 Å². The lowest BCUT2D eigenvalue weighted by atomic mass is 9.88. The van der Waals surface area contributed by atoms with E-state index < -0.39 is 23.3 Å². The lowest BCUT2D eigenvalue weighted by molar-refractivity contribution is -0.139. The predicted octanol–water partition coefficient (Wildman–Crippen LogP) is 1.51. The maximum absolute atomic E-state index is 12.5. The van der Waals surface area contributed by atoms with Gasteiger partial charge in [0.05, 0.1) is 31.5 Å². The zero-order valence-electron chi connectivity index (χ0n) is 14.1. The van der Waals surface area contributed by atoms with Crippen LogP contribution in [-0.2, 0) is 14.3 Å². The molecule has 0 atom stereocenters. The van der Waals surface area contributed by atoms with Crippen molar-refractivity contribution in [3.05, 3.63) is 64.6 Å². The molecule has 8 heteroatoms. The van der Waals surface area contributed by atoms with E-state index in [-0.39, 0.29) is 54.6 Å². The molecule has 0 saturated carbocycles. The van der Waals surface area contributed by atoms with E-state index in [1.165, 1.54) is 18.2 Å². The van der Waals surface area contributed by atoms with Crippen molar-refractivity contribution in [2.24, 2.45) is 0 Å². The van der Waals surface area contributed by atoms with Crippen molar-refractivity contribution in [3.8, 4) is 0 Å². The Morgan fingerprint density at radius 3 is 2.44 bits per heavy atom. The number of ketones is 2. The van der Waals surface area contributed by atoms with Gasteiger partial charge in [0, 0.05) is 11.1 Å². The van der Waals surface area contributed by atoms with Crippen LogP contribution < -0.4 is 0 Å². The second kappa shape index (κ2) is 7.98. The molecule has 0 aliphatic heterocycles. The summed E-state index contributed by atoms with van der Waals surface area (Å²) in [6.07, 6.45) is 0.776. The molecule has 8 nitrogen and oxygen atoms in total. The molecule has 2 aromatic rings. The first-order valence-electron chi connectivity index (χ1n) is 8.11. The van der Waals surface area contributed by atoms with E-state index >= 15 is 0 Å². The zero-order chi connectivity index (χ0) is 19.4. The first kappa shape index (κ1) is 18.6. The number of hydrogen-bond donors (Lipinski definition) is 2. The van der Waals surface area contributed by atoms with Gasteiger partial charge in [0.1, 0.15) is 6.61 Å². The molecule has 1 aromatic heterocycles.